The molecular weight excluding hydrogens is 262 g/mol. The maximum absolute atomic E-state index is 10.9. The van der Waals surface area contributed by atoms with E-state index in [1.54, 1.807) is 17.7 Å². The minimum atomic E-state index is -0.983. The number of hydrogen-bond donors (Lipinski definition) is 1. The largest absolute Gasteiger partial charge is 0.478 e. The Hall–Kier alpha value is -2.77. The van der Waals surface area contributed by atoms with Gasteiger partial charge in [0.15, 0.2) is 5.82 Å². The Morgan fingerprint density at radius 2 is 2.30 bits per heavy atom. The van der Waals surface area contributed by atoms with Crippen LogP contribution in [0.15, 0.2) is 22.7 Å². The molecule has 1 aromatic carbocycles. The van der Waals surface area contributed by atoms with Gasteiger partial charge < -0.3 is 9.63 Å². The van der Waals surface area contributed by atoms with Crippen molar-refractivity contribution in [2.45, 2.75) is 19.9 Å². The van der Waals surface area contributed by atoms with Gasteiger partial charge in [-0.1, -0.05) is 10.4 Å². The number of hydrogen-bond acceptors (Lipinski definition) is 6. The molecule has 0 atom stereocenters. The highest BCUT2D eigenvalue weighted by Gasteiger charge is 2.10. The summed E-state index contributed by atoms with van der Waals surface area (Å²) < 4.78 is 6.58. The van der Waals surface area contributed by atoms with E-state index in [-0.39, 0.29) is 5.56 Å². The van der Waals surface area contributed by atoms with Crippen LogP contribution >= 0.6 is 0 Å². The fourth-order valence-corrected chi connectivity index (χ4v) is 1.92. The van der Waals surface area contributed by atoms with E-state index >= 15 is 0 Å². The van der Waals surface area contributed by atoms with Crippen LogP contribution in [-0.2, 0) is 13.0 Å². The molecule has 2 aromatic heterocycles. The maximum Gasteiger partial charge on any atom is 0.335 e. The van der Waals surface area contributed by atoms with Crippen molar-refractivity contribution in [3.8, 4) is 0 Å². The van der Waals surface area contributed by atoms with Crippen LogP contribution in [0.5, 0.6) is 0 Å². The molecule has 0 saturated carbocycles. The zero-order valence-electron chi connectivity index (χ0n) is 10.6. The molecule has 0 saturated heterocycles. The number of fused-ring (bicyclic) bond motifs is 1. The van der Waals surface area contributed by atoms with Crippen LogP contribution in [-0.4, -0.2) is 36.2 Å². The fraction of sp³-hybridized carbons (Fsp3) is 0.250. The Bertz CT molecular complexity index is 776. The van der Waals surface area contributed by atoms with Crippen molar-refractivity contribution in [2.75, 3.05) is 0 Å². The van der Waals surface area contributed by atoms with Gasteiger partial charge in [-0.25, -0.2) is 9.48 Å². The highest BCUT2D eigenvalue weighted by atomic mass is 16.5. The zero-order valence-corrected chi connectivity index (χ0v) is 10.6. The number of benzene rings is 1. The molecule has 0 aliphatic heterocycles. The quantitative estimate of drug-likeness (QED) is 0.757. The summed E-state index contributed by atoms with van der Waals surface area (Å²) in [5, 5.41) is 20.7. The van der Waals surface area contributed by atoms with Crippen molar-refractivity contribution in [1.29, 1.82) is 0 Å². The molecule has 3 aromatic rings. The molecule has 3 rings (SSSR count). The number of aromatic carboxylic acids is 1. The minimum Gasteiger partial charge on any atom is -0.478 e. The number of rotatable bonds is 4. The van der Waals surface area contributed by atoms with Gasteiger partial charge in [0, 0.05) is 13.3 Å². The second kappa shape index (κ2) is 4.72. The third kappa shape index (κ3) is 2.22. The van der Waals surface area contributed by atoms with Crippen molar-refractivity contribution in [3.05, 3.63) is 35.5 Å². The minimum absolute atomic E-state index is 0.193. The molecular formula is C12H11N5O3. The molecule has 8 nitrogen and oxygen atoms in total. The van der Waals surface area contributed by atoms with Crippen molar-refractivity contribution in [3.63, 3.8) is 0 Å². The zero-order chi connectivity index (χ0) is 14.1. The summed E-state index contributed by atoms with van der Waals surface area (Å²) in [6.07, 6.45) is 0.566. The van der Waals surface area contributed by atoms with E-state index in [0.29, 0.717) is 30.2 Å². The third-order valence-electron chi connectivity index (χ3n) is 2.88. The molecule has 8 heteroatoms. The fourth-order valence-electron chi connectivity index (χ4n) is 1.92. The highest BCUT2D eigenvalue weighted by Crippen LogP contribution is 2.14. The number of nitrogens with zero attached hydrogens (tertiary/aromatic N) is 5. The summed E-state index contributed by atoms with van der Waals surface area (Å²) in [6, 6.07) is 4.73. The third-order valence-corrected chi connectivity index (χ3v) is 2.88. The van der Waals surface area contributed by atoms with Gasteiger partial charge in [0.2, 0.25) is 5.89 Å². The van der Waals surface area contributed by atoms with Crippen LogP contribution in [0.3, 0.4) is 0 Å². The van der Waals surface area contributed by atoms with Gasteiger partial charge in [-0.2, -0.15) is 4.98 Å². The molecule has 0 bridgehead atoms. The molecule has 0 aliphatic carbocycles. The Balaban J connectivity index is 1.83. The highest BCUT2D eigenvalue weighted by molar-refractivity contribution is 5.92. The Labute approximate surface area is 113 Å². The molecule has 20 heavy (non-hydrogen) atoms. The SMILES string of the molecule is Cc1nc(CCn2nnc3cc(C(=O)O)ccc32)no1. The number of carboxylic acid groups (broad SMARTS) is 1. The standard InChI is InChI=1S/C12H11N5O3/c1-7-13-11(15-20-7)4-5-17-10-3-2-8(12(18)19)6-9(10)14-16-17/h2-3,6H,4-5H2,1H3,(H,18,19). The molecule has 0 amide bonds. The Kier molecular flexibility index (Phi) is 2.90. The first-order chi connectivity index (χ1) is 9.63. The summed E-state index contributed by atoms with van der Waals surface area (Å²) >= 11 is 0. The second-order valence-corrected chi connectivity index (χ2v) is 4.30. The van der Waals surface area contributed by atoms with Crippen LogP contribution in [0.25, 0.3) is 11.0 Å². The maximum atomic E-state index is 10.9. The molecule has 0 fully saturated rings. The number of carbonyl (C=O) groups is 1. The van der Waals surface area contributed by atoms with Gasteiger partial charge in [-0.05, 0) is 18.2 Å². The summed E-state index contributed by atoms with van der Waals surface area (Å²) in [4.78, 5) is 15.0. The van der Waals surface area contributed by atoms with Gasteiger partial charge in [-0.15, -0.1) is 5.10 Å². The van der Waals surface area contributed by atoms with Gasteiger partial charge in [-0.3, -0.25) is 0 Å². The average Bonchev–Trinajstić information content (AvgIpc) is 3.02. The van der Waals surface area contributed by atoms with Gasteiger partial charge in [0.05, 0.1) is 17.6 Å². The van der Waals surface area contributed by atoms with E-state index in [4.69, 9.17) is 9.63 Å². The summed E-state index contributed by atoms with van der Waals surface area (Å²) in [5.41, 5.74) is 1.52. The summed E-state index contributed by atoms with van der Waals surface area (Å²) in [7, 11) is 0. The van der Waals surface area contributed by atoms with Gasteiger partial charge >= 0.3 is 5.97 Å². The summed E-state index contributed by atoms with van der Waals surface area (Å²) in [6.45, 7) is 2.27. The van der Waals surface area contributed by atoms with Crippen LogP contribution in [0, 0.1) is 6.92 Å². The molecule has 2 heterocycles. The van der Waals surface area contributed by atoms with Crippen LogP contribution < -0.4 is 0 Å². The molecule has 1 N–H and O–H groups in total. The van der Waals surface area contributed by atoms with Gasteiger partial charge in [0.1, 0.15) is 5.52 Å². The Morgan fingerprint density at radius 3 is 3.00 bits per heavy atom. The van der Waals surface area contributed by atoms with E-state index in [1.165, 1.54) is 12.1 Å². The van der Waals surface area contributed by atoms with E-state index in [1.807, 2.05) is 0 Å². The van der Waals surface area contributed by atoms with E-state index in [2.05, 4.69) is 20.5 Å². The van der Waals surface area contributed by atoms with E-state index in [9.17, 15) is 4.79 Å². The second-order valence-electron chi connectivity index (χ2n) is 4.30. The normalized spacial score (nSPS) is 11.1. The van der Waals surface area contributed by atoms with Crippen molar-refractivity contribution < 1.29 is 14.4 Å². The lowest BCUT2D eigenvalue weighted by Crippen LogP contribution is -2.04. The lowest BCUT2D eigenvalue weighted by Gasteiger charge is -1.99. The first-order valence-electron chi connectivity index (χ1n) is 5.99. The monoisotopic (exact) mass is 273 g/mol. The molecule has 0 aliphatic rings. The number of aromatic nitrogens is 5. The summed E-state index contributed by atoms with van der Waals surface area (Å²) in [5.74, 6) is 0.145. The van der Waals surface area contributed by atoms with Crippen LogP contribution in [0.1, 0.15) is 22.1 Å². The average molecular weight is 273 g/mol. The first kappa shape index (κ1) is 12.3. The number of aryl methyl sites for hydroxylation is 3. The van der Waals surface area contributed by atoms with E-state index < -0.39 is 5.97 Å². The molecule has 0 unspecified atom stereocenters. The lowest BCUT2D eigenvalue weighted by molar-refractivity contribution is 0.0697. The van der Waals surface area contributed by atoms with Crippen LogP contribution in [0.2, 0.25) is 0 Å². The number of carboxylic acids is 1. The predicted molar refractivity (Wildman–Crippen MR) is 67.2 cm³/mol. The smallest absolute Gasteiger partial charge is 0.335 e. The van der Waals surface area contributed by atoms with Crippen molar-refractivity contribution >= 4 is 17.0 Å². The topological polar surface area (TPSA) is 107 Å². The molecule has 0 radical (unpaired) electrons. The van der Waals surface area contributed by atoms with Crippen molar-refractivity contribution in [1.82, 2.24) is 25.1 Å². The van der Waals surface area contributed by atoms with E-state index in [0.717, 1.165) is 5.52 Å². The van der Waals surface area contributed by atoms with Gasteiger partial charge in [0.25, 0.3) is 0 Å². The van der Waals surface area contributed by atoms with Crippen LogP contribution in [0.4, 0.5) is 0 Å². The first-order valence-corrected chi connectivity index (χ1v) is 5.99. The Morgan fingerprint density at radius 1 is 1.45 bits per heavy atom. The lowest BCUT2D eigenvalue weighted by atomic mass is 10.2. The molecule has 0 spiro atoms. The van der Waals surface area contributed by atoms with Crippen molar-refractivity contribution in [2.24, 2.45) is 0 Å². The predicted octanol–water partition coefficient (Wildman–Crippen LogP) is 1.06. The molecule has 102 valence electrons.